The lowest BCUT2D eigenvalue weighted by atomic mass is 9.95. The van der Waals surface area contributed by atoms with Gasteiger partial charge in [-0.25, -0.2) is 9.97 Å². The smallest absolute Gasteiger partial charge is 0.315 e. The predicted octanol–water partition coefficient (Wildman–Crippen LogP) is 5.65. The third-order valence-electron chi connectivity index (χ3n) is 7.21. The standard InChI is InChI=1S/C19H26N4O2.C11H10O3S/c1-2-25-19(24)16(10-14-8-9-18(20)21-11-14)17-12-23(13-22-17)15-6-4-3-5-7-15;1-8-4-2-6-10-9(8)5-3-7-11(10)15(12,13)14/h8-9,11-13,15-16H,2-7,10H2,1H3,(H2,20,21);2-7H,1H3,(H,12,13,14)/t16-;/m1./s1. The lowest BCUT2D eigenvalue weighted by Crippen LogP contribution is -2.19. The van der Waals surface area contributed by atoms with Crippen LogP contribution in [0.1, 0.15) is 67.8 Å². The van der Waals surface area contributed by atoms with Gasteiger partial charge in [-0.1, -0.05) is 55.7 Å². The molecule has 1 saturated carbocycles. The minimum Gasteiger partial charge on any atom is -0.465 e. The molecule has 3 N–H and O–H groups in total. The van der Waals surface area contributed by atoms with Gasteiger partial charge in [0.15, 0.2) is 0 Å². The van der Waals surface area contributed by atoms with Crippen LogP contribution in [0.15, 0.2) is 72.1 Å². The molecule has 5 rings (SSSR count). The summed E-state index contributed by atoms with van der Waals surface area (Å²) in [6.45, 7) is 4.08. The lowest BCUT2D eigenvalue weighted by molar-refractivity contribution is -0.145. The summed E-state index contributed by atoms with van der Waals surface area (Å²) < 4.78 is 38.7. The Morgan fingerprint density at radius 2 is 1.80 bits per heavy atom. The summed E-state index contributed by atoms with van der Waals surface area (Å²) in [4.78, 5) is 21.1. The normalized spacial score (nSPS) is 14.8. The summed E-state index contributed by atoms with van der Waals surface area (Å²) in [5.41, 5.74) is 8.34. The van der Waals surface area contributed by atoms with Crippen LogP contribution < -0.4 is 5.73 Å². The van der Waals surface area contributed by atoms with E-state index in [1.807, 2.05) is 44.6 Å². The molecule has 2 aromatic heterocycles. The number of nitrogens with zero attached hydrogens (tertiary/aromatic N) is 3. The van der Waals surface area contributed by atoms with Crippen LogP contribution in [0, 0.1) is 6.92 Å². The maximum atomic E-state index is 12.5. The molecule has 10 heteroatoms. The number of fused-ring (bicyclic) bond motifs is 1. The van der Waals surface area contributed by atoms with Crippen LogP contribution in [0.25, 0.3) is 10.8 Å². The molecule has 1 aliphatic carbocycles. The highest BCUT2D eigenvalue weighted by Crippen LogP contribution is 2.30. The number of aromatic nitrogens is 3. The molecule has 0 unspecified atom stereocenters. The molecular formula is C30H36N4O5S. The molecule has 4 aromatic rings. The van der Waals surface area contributed by atoms with Gasteiger partial charge in [0.05, 0.1) is 18.6 Å². The zero-order valence-electron chi connectivity index (χ0n) is 22.9. The Labute approximate surface area is 235 Å². The first-order valence-corrected chi connectivity index (χ1v) is 15.0. The summed E-state index contributed by atoms with van der Waals surface area (Å²) in [6, 6.07) is 14.4. The van der Waals surface area contributed by atoms with E-state index in [2.05, 4.69) is 14.5 Å². The molecule has 1 atom stereocenters. The van der Waals surface area contributed by atoms with Gasteiger partial charge in [0, 0.05) is 23.8 Å². The van der Waals surface area contributed by atoms with Crippen molar-refractivity contribution < 1.29 is 22.5 Å². The Bertz CT molecular complexity index is 1540. The van der Waals surface area contributed by atoms with Crippen molar-refractivity contribution >= 4 is 32.7 Å². The van der Waals surface area contributed by atoms with Crippen LogP contribution in [-0.2, 0) is 26.1 Å². The van der Waals surface area contributed by atoms with Crippen molar-refractivity contribution in [1.29, 1.82) is 0 Å². The molecule has 0 spiro atoms. The van der Waals surface area contributed by atoms with E-state index in [0.717, 1.165) is 22.2 Å². The Morgan fingerprint density at radius 1 is 1.07 bits per heavy atom. The first-order valence-electron chi connectivity index (χ1n) is 13.5. The second-order valence-corrected chi connectivity index (χ2v) is 11.4. The van der Waals surface area contributed by atoms with E-state index in [4.69, 9.17) is 15.0 Å². The number of carbonyl (C=O) groups is 1. The maximum Gasteiger partial charge on any atom is 0.315 e. The van der Waals surface area contributed by atoms with Crippen LogP contribution >= 0.6 is 0 Å². The molecular weight excluding hydrogens is 528 g/mol. The summed E-state index contributed by atoms with van der Waals surface area (Å²) >= 11 is 0. The van der Waals surface area contributed by atoms with E-state index in [-0.39, 0.29) is 10.9 Å². The van der Waals surface area contributed by atoms with Crippen LogP contribution in [0.5, 0.6) is 0 Å². The summed E-state index contributed by atoms with van der Waals surface area (Å²) in [5, 5.41) is 1.40. The summed E-state index contributed by atoms with van der Waals surface area (Å²) in [6.07, 6.45) is 12.3. The van der Waals surface area contributed by atoms with Crippen molar-refractivity contribution in [2.45, 2.75) is 69.2 Å². The molecule has 1 fully saturated rings. The number of anilines is 1. The number of nitrogens with two attached hydrogens (primary N) is 1. The molecule has 2 heterocycles. The maximum absolute atomic E-state index is 12.5. The van der Waals surface area contributed by atoms with E-state index >= 15 is 0 Å². The van der Waals surface area contributed by atoms with Gasteiger partial charge in [0.25, 0.3) is 10.1 Å². The average molecular weight is 565 g/mol. The van der Waals surface area contributed by atoms with E-state index < -0.39 is 16.0 Å². The number of imidazole rings is 1. The fraction of sp³-hybridized carbons (Fsp3) is 0.367. The highest BCUT2D eigenvalue weighted by Gasteiger charge is 2.26. The molecule has 9 nitrogen and oxygen atoms in total. The van der Waals surface area contributed by atoms with Crippen molar-refractivity contribution in [3.8, 4) is 0 Å². The number of pyridine rings is 1. The lowest BCUT2D eigenvalue weighted by Gasteiger charge is -2.22. The number of hydrogen-bond donors (Lipinski definition) is 2. The van der Waals surface area contributed by atoms with E-state index in [1.54, 1.807) is 30.5 Å². The minimum absolute atomic E-state index is 0.0382. The summed E-state index contributed by atoms with van der Waals surface area (Å²) in [7, 11) is -4.15. The monoisotopic (exact) mass is 564 g/mol. The van der Waals surface area contributed by atoms with Gasteiger partial charge < -0.3 is 15.0 Å². The van der Waals surface area contributed by atoms with Gasteiger partial charge >= 0.3 is 5.97 Å². The number of ether oxygens (including phenoxy) is 1. The van der Waals surface area contributed by atoms with Gasteiger partial charge in [-0.2, -0.15) is 8.42 Å². The largest absolute Gasteiger partial charge is 0.465 e. The number of carbonyl (C=O) groups excluding carboxylic acids is 1. The zero-order valence-corrected chi connectivity index (χ0v) is 23.7. The van der Waals surface area contributed by atoms with E-state index in [1.165, 1.54) is 38.2 Å². The molecule has 40 heavy (non-hydrogen) atoms. The second-order valence-electron chi connectivity index (χ2n) is 10.0. The first kappa shape index (κ1) is 29.2. The Balaban J connectivity index is 0.000000210. The first-order chi connectivity index (χ1) is 19.2. The quantitative estimate of drug-likeness (QED) is 0.217. The summed E-state index contributed by atoms with van der Waals surface area (Å²) in [5.74, 6) is -0.193. The molecule has 2 aromatic carbocycles. The number of aryl methyl sites for hydroxylation is 1. The van der Waals surface area contributed by atoms with E-state index in [9.17, 15) is 13.2 Å². The van der Waals surface area contributed by atoms with Crippen molar-refractivity contribution in [3.63, 3.8) is 0 Å². The highest BCUT2D eigenvalue weighted by molar-refractivity contribution is 7.86. The van der Waals surface area contributed by atoms with Gasteiger partial charge in [-0.15, -0.1) is 0 Å². The third kappa shape index (κ3) is 7.25. The SMILES string of the molecule is CCOC(=O)[C@H](Cc1ccc(N)nc1)c1cn(C2CCCCC2)cn1.Cc1cccc2c(S(=O)(=O)O)cccc12. The average Bonchev–Trinajstić information content (AvgIpc) is 3.43. The Hall–Kier alpha value is -3.76. The van der Waals surface area contributed by atoms with Crippen LogP contribution in [0.3, 0.4) is 0 Å². The molecule has 0 amide bonds. The molecule has 0 bridgehead atoms. The van der Waals surface area contributed by atoms with Crippen molar-refractivity contribution in [3.05, 3.63) is 84.1 Å². The van der Waals surface area contributed by atoms with Gasteiger partial charge in [-0.05, 0) is 61.8 Å². The highest BCUT2D eigenvalue weighted by atomic mass is 32.2. The number of nitrogen functional groups attached to an aromatic ring is 1. The molecule has 212 valence electrons. The molecule has 0 aliphatic heterocycles. The van der Waals surface area contributed by atoms with E-state index in [0.29, 0.717) is 30.3 Å². The van der Waals surface area contributed by atoms with Crippen molar-refractivity contribution in [2.24, 2.45) is 0 Å². The Morgan fingerprint density at radius 3 is 2.48 bits per heavy atom. The fourth-order valence-corrected chi connectivity index (χ4v) is 5.83. The van der Waals surface area contributed by atoms with Crippen LogP contribution in [0.4, 0.5) is 5.82 Å². The number of rotatable bonds is 7. The molecule has 0 saturated heterocycles. The molecule has 0 radical (unpaired) electrons. The third-order valence-corrected chi connectivity index (χ3v) is 8.12. The van der Waals surface area contributed by atoms with Gasteiger partial charge in [-0.3, -0.25) is 9.35 Å². The Kier molecular flexibility index (Phi) is 9.54. The number of hydrogen-bond acceptors (Lipinski definition) is 7. The topological polar surface area (TPSA) is 137 Å². The fourth-order valence-electron chi connectivity index (χ4n) is 5.12. The minimum atomic E-state index is -4.15. The number of benzene rings is 2. The van der Waals surface area contributed by atoms with Crippen molar-refractivity contribution in [2.75, 3.05) is 12.3 Å². The van der Waals surface area contributed by atoms with Crippen LogP contribution in [-0.4, -0.2) is 40.1 Å². The van der Waals surface area contributed by atoms with Crippen molar-refractivity contribution in [1.82, 2.24) is 14.5 Å². The van der Waals surface area contributed by atoms with Gasteiger partial charge in [0.1, 0.15) is 16.6 Å². The zero-order chi connectivity index (χ0) is 28.7. The van der Waals surface area contributed by atoms with Gasteiger partial charge in [0.2, 0.25) is 0 Å². The van der Waals surface area contributed by atoms with Crippen LogP contribution in [0.2, 0.25) is 0 Å². The number of esters is 1. The molecule has 1 aliphatic rings. The second kappa shape index (κ2) is 13.1. The predicted molar refractivity (Wildman–Crippen MR) is 155 cm³/mol.